The summed E-state index contributed by atoms with van der Waals surface area (Å²) in [6.07, 6.45) is 0. The molecule has 0 radical (unpaired) electrons. The Labute approximate surface area is 102 Å². The highest BCUT2D eigenvalue weighted by Gasteiger charge is 2.16. The van der Waals surface area contributed by atoms with Crippen LogP contribution in [0.25, 0.3) is 0 Å². The maximum absolute atomic E-state index is 11.1. The summed E-state index contributed by atoms with van der Waals surface area (Å²) in [7, 11) is 1.28. The molecule has 3 N–H and O–H groups in total. The van der Waals surface area contributed by atoms with Crippen molar-refractivity contribution in [1.82, 2.24) is 0 Å². The first-order valence-corrected chi connectivity index (χ1v) is 4.67. The van der Waals surface area contributed by atoms with Gasteiger partial charge >= 0.3 is 5.97 Å². The van der Waals surface area contributed by atoms with Gasteiger partial charge in [-0.25, -0.2) is 0 Å². The summed E-state index contributed by atoms with van der Waals surface area (Å²) in [6.45, 7) is 0. The number of halogens is 2. The molecule has 0 aliphatic carbocycles. The summed E-state index contributed by atoms with van der Waals surface area (Å²) in [5.41, 5.74) is 6.18. The monoisotopic (exact) mass is 295 g/mol. The minimum atomic E-state index is -0.822. The molecule has 0 unspecified atom stereocenters. The Bertz CT molecular complexity index is 359. The van der Waals surface area contributed by atoms with E-state index in [1.54, 1.807) is 12.1 Å². The van der Waals surface area contributed by atoms with E-state index in [9.17, 15) is 9.90 Å². The highest BCUT2D eigenvalue weighted by Crippen LogP contribution is 2.26. The van der Waals surface area contributed by atoms with E-state index in [0.29, 0.717) is 10.0 Å². The smallest absolute Gasteiger partial charge is 0.327 e. The molecule has 1 aromatic rings. The second-order valence-corrected chi connectivity index (χ2v) is 3.57. The third kappa shape index (κ3) is 3.37. The predicted octanol–water partition coefficient (Wildman–Crippen LogP) is 1.75. The number of nitrogens with two attached hydrogens (primary N) is 1. The quantitative estimate of drug-likeness (QED) is 0.816. The van der Waals surface area contributed by atoms with Crippen LogP contribution in [0.3, 0.4) is 0 Å². The fourth-order valence-corrected chi connectivity index (χ4v) is 1.38. The van der Waals surface area contributed by atoms with E-state index in [2.05, 4.69) is 20.7 Å². The van der Waals surface area contributed by atoms with Crippen LogP contribution in [-0.4, -0.2) is 18.2 Å². The predicted molar refractivity (Wildman–Crippen MR) is 62.0 cm³/mol. The normalized spacial score (nSPS) is 11.4. The Kier molecular flexibility index (Phi) is 5.64. The standard InChI is InChI=1S/C9H10BrNO3.ClH/c1-14-9(13)8(11)5-2-3-7(12)6(10)4-5;/h2-4,8,12H,11H2,1H3;1H/t8-;/m1./s1. The first kappa shape index (κ1) is 14.2. The van der Waals surface area contributed by atoms with Crippen molar-refractivity contribution in [2.24, 2.45) is 5.73 Å². The van der Waals surface area contributed by atoms with Gasteiger partial charge in [0.25, 0.3) is 0 Å². The van der Waals surface area contributed by atoms with E-state index in [1.165, 1.54) is 13.2 Å². The molecule has 0 bridgehead atoms. The largest absolute Gasteiger partial charge is 0.507 e. The number of rotatable bonds is 2. The van der Waals surface area contributed by atoms with Crippen LogP contribution in [0, 0.1) is 0 Å². The van der Waals surface area contributed by atoms with Crippen molar-refractivity contribution >= 4 is 34.3 Å². The van der Waals surface area contributed by atoms with E-state index in [1.807, 2.05) is 0 Å². The van der Waals surface area contributed by atoms with Crippen molar-refractivity contribution in [3.8, 4) is 5.75 Å². The number of methoxy groups -OCH3 is 1. The van der Waals surface area contributed by atoms with Gasteiger partial charge in [0.05, 0.1) is 11.6 Å². The Balaban J connectivity index is 0.00000196. The molecular formula is C9H11BrClNO3. The summed E-state index contributed by atoms with van der Waals surface area (Å²) in [6, 6.07) is 3.79. The molecule has 0 fully saturated rings. The number of esters is 1. The van der Waals surface area contributed by atoms with Crippen molar-refractivity contribution in [1.29, 1.82) is 0 Å². The Morgan fingerprint density at radius 2 is 2.20 bits per heavy atom. The van der Waals surface area contributed by atoms with E-state index in [-0.39, 0.29) is 18.2 Å². The van der Waals surface area contributed by atoms with Gasteiger partial charge in [-0.2, -0.15) is 0 Å². The highest BCUT2D eigenvalue weighted by atomic mass is 79.9. The van der Waals surface area contributed by atoms with Gasteiger partial charge in [-0.1, -0.05) is 6.07 Å². The van der Waals surface area contributed by atoms with Crippen LogP contribution in [0.4, 0.5) is 0 Å². The van der Waals surface area contributed by atoms with Gasteiger partial charge in [0, 0.05) is 0 Å². The van der Waals surface area contributed by atoms with Gasteiger partial charge in [0.15, 0.2) is 0 Å². The number of phenols is 1. The molecule has 84 valence electrons. The Hall–Kier alpha value is -0.780. The van der Waals surface area contributed by atoms with E-state index >= 15 is 0 Å². The molecule has 0 heterocycles. The van der Waals surface area contributed by atoms with Crippen LogP contribution < -0.4 is 5.73 Å². The van der Waals surface area contributed by atoms with Crippen LogP contribution in [0.5, 0.6) is 5.75 Å². The molecule has 0 spiro atoms. The van der Waals surface area contributed by atoms with Crippen LogP contribution in [-0.2, 0) is 9.53 Å². The minimum absolute atomic E-state index is 0. The summed E-state index contributed by atoms with van der Waals surface area (Å²) >= 11 is 3.13. The molecule has 4 nitrogen and oxygen atoms in total. The fraction of sp³-hybridized carbons (Fsp3) is 0.222. The second-order valence-electron chi connectivity index (χ2n) is 2.71. The van der Waals surface area contributed by atoms with Crippen LogP contribution in [0.2, 0.25) is 0 Å². The Morgan fingerprint density at radius 1 is 1.60 bits per heavy atom. The lowest BCUT2D eigenvalue weighted by atomic mass is 10.1. The van der Waals surface area contributed by atoms with Crippen molar-refractivity contribution in [2.45, 2.75) is 6.04 Å². The molecule has 0 saturated carbocycles. The van der Waals surface area contributed by atoms with Gasteiger partial charge in [0.1, 0.15) is 11.8 Å². The molecule has 0 saturated heterocycles. The maximum Gasteiger partial charge on any atom is 0.327 e. The number of aromatic hydroxyl groups is 1. The molecule has 1 atom stereocenters. The summed E-state index contributed by atoms with van der Waals surface area (Å²) in [5.74, 6) is -0.409. The second kappa shape index (κ2) is 5.95. The maximum atomic E-state index is 11.1. The third-order valence-electron chi connectivity index (χ3n) is 1.79. The van der Waals surface area contributed by atoms with Gasteiger partial charge < -0.3 is 15.6 Å². The summed E-state index contributed by atoms with van der Waals surface area (Å²) < 4.78 is 4.99. The van der Waals surface area contributed by atoms with E-state index < -0.39 is 12.0 Å². The van der Waals surface area contributed by atoms with Gasteiger partial charge in [-0.3, -0.25) is 4.79 Å². The third-order valence-corrected chi connectivity index (χ3v) is 2.42. The number of phenolic OH excluding ortho intramolecular Hbond substituents is 1. The molecular weight excluding hydrogens is 285 g/mol. The lowest BCUT2D eigenvalue weighted by Gasteiger charge is -2.10. The number of carbonyl (C=O) groups is 1. The molecule has 1 aromatic carbocycles. The molecule has 0 aromatic heterocycles. The van der Waals surface area contributed by atoms with Crippen LogP contribution >= 0.6 is 28.3 Å². The molecule has 1 rings (SSSR count). The van der Waals surface area contributed by atoms with Crippen LogP contribution in [0.1, 0.15) is 11.6 Å². The first-order valence-electron chi connectivity index (χ1n) is 3.88. The molecule has 0 amide bonds. The van der Waals surface area contributed by atoms with Crippen LogP contribution in [0.15, 0.2) is 22.7 Å². The van der Waals surface area contributed by atoms with Gasteiger partial charge in [0.2, 0.25) is 0 Å². The summed E-state index contributed by atoms with van der Waals surface area (Å²) in [5, 5.41) is 9.22. The zero-order valence-corrected chi connectivity index (χ0v) is 10.3. The van der Waals surface area contributed by atoms with Gasteiger partial charge in [-0.05, 0) is 33.6 Å². The number of hydrogen-bond acceptors (Lipinski definition) is 4. The first-order chi connectivity index (χ1) is 6.56. The van der Waals surface area contributed by atoms with Crippen molar-refractivity contribution < 1.29 is 14.6 Å². The molecule has 0 aliphatic rings. The number of benzene rings is 1. The lowest BCUT2D eigenvalue weighted by Crippen LogP contribution is -2.22. The van der Waals surface area contributed by atoms with Gasteiger partial charge in [-0.15, -0.1) is 12.4 Å². The highest BCUT2D eigenvalue weighted by molar-refractivity contribution is 9.10. The SMILES string of the molecule is COC(=O)[C@H](N)c1ccc(O)c(Br)c1.Cl. The zero-order valence-electron chi connectivity index (χ0n) is 7.94. The fourth-order valence-electron chi connectivity index (χ4n) is 0.980. The van der Waals surface area contributed by atoms with Crippen molar-refractivity contribution in [3.05, 3.63) is 28.2 Å². The Morgan fingerprint density at radius 3 is 2.67 bits per heavy atom. The molecule has 15 heavy (non-hydrogen) atoms. The van der Waals surface area contributed by atoms with E-state index in [0.717, 1.165) is 0 Å². The van der Waals surface area contributed by atoms with E-state index in [4.69, 9.17) is 5.73 Å². The minimum Gasteiger partial charge on any atom is -0.507 e. The van der Waals surface area contributed by atoms with Crippen molar-refractivity contribution in [3.63, 3.8) is 0 Å². The lowest BCUT2D eigenvalue weighted by molar-refractivity contribution is -0.142. The average molecular weight is 297 g/mol. The zero-order chi connectivity index (χ0) is 10.7. The molecule has 6 heteroatoms. The van der Waals surface area contributed by atoms with Crippen molar-refractivity contribution in [2.75, 3.05) is 7.11 Å². The summed E-state index contributed by atoms with van der Waals surface area (Å²) in [4.78, 5) is 11.1. The average Bonchev–Trinajstić information content (AvgIpc) is 2.20. The molecule has 0 aliphatic heterocycles. The topological polar surface area (TPSA) is 72.5 Å². The number of ether oxygens (including phenoxy) is 1. The number of hydrogen-bond donors (Lipinski definition) is 2. The number of carbonyl (C=O) groups excluding carboxylic acids is 1.